The van der Waals surface area contributed by atoms with Crippen LogP contribution in [0.1, 0.15) is 11.1 Å². The number of carbonyl (C=O) groups is 1. The lowest BCUT2D eigenvalue weighted by atomic mass is 10.1. The number of rotatable bonds is 7. The third kappa shape index (κ3) is 5.47. The standard InChI is InChI=1S/C20H24N2O4/c23-18-3-1-2-4-19(18)26-15-20(24)21-13-16-5-7-17(8-6-16)14-22-9-11-25-12-10-22/h1-8,23H,9-15H2,(H,21,24). The summed E-state index contributed by atoms with van der Waals surface area (Å²) < 4.78 is 10.7. The van der Waals surface area contributed by atoms with Crippen molar-refractivity contribution in [1.82, 2.24) is 10.2 Å². The van der Waals surface area contributed by atoms with Crippen LogP contribution in [0.15, 0.2) is 48.5 Å². The van der Waals surface area contributed by atoms with E-state index in [1.54, 1.807) is 18.2 Å². The summed E-state index contributed by atoms with van der Waals surface area (Å²) in [6.07, 6.45) is 0. The van der Waals surface area contributed by atoms with Gasteiger partial charge in [-0.25, -0.2) is 0 Å². The Balaban J connectivity index is 1.41. The molecule has 0 radical (unpaired) electrons. The van der Waals surface area contributed by atoms with E-state index in [0.29, 0.717) is 12.3 Å². The molecule has 26 heavy (non-hydrogen) atoms. The van der Waals surface area contributed by atoms with Crippen molar-refractivity contribution >= 4 is 5.91 Å². The maximum Gasteiger partial charge on any atom is 0.258 e. The number of nitrogens with one attached hydrogen (secondary N) is 1. The number of hydrogen-bond acceptors (Lipinski definition) is 5. The molecule has 2 N–H and O–H groups in total. The summed E-state index contributed by atoms with van der Waals surface area (Å²) in [5, 5.41) is 12.4. The van der Waals surface area contributed by atoms with E-state index < -0.39 is 0 Å². The van der Waals surface area contributed by atoms with Crippen LogP contribution in [-0.2, 0) is 22.6 Å². The van der Waals surface area contributed by atoms with Crippen molar-refractivity contribution in [3.05, 3.63) is 59.7 Å². The van der Waals surface area contributed by atoms with E-state index in [1.165, 1.54) is 11.6 Å². The summed E-state index contributed by atoms with van der Waals surface area (Å²) in [4.78, 5) is 14.3. The summed E-state index contributed by atoms with van der Waals surface area (Å²) in [5.41, 5.74) is 2.29. The average molecular weight is 356 g/mol. The van der Waals surface area contributed by atoms with Crippen LogP contribution < -0.4 is 10.1 Å². The molecule has 0 saturated carbocycles. The second kappa shape index (κ2) is 9.22. The lowest BCUT2D eigenvalue weighted by molar-refractivity contribution is -0.123. The number of benzene rings is 2. The zero-order valence-electron chi connectivity index (χ0n) is 14.7. The highest BCUT2D eigenvalue weighted by molar-refractivity contribution is 5.77. The first-order valence-electron chi connectivity index (χ1n) is 8.76. The molecule has 6 nitrogen and oxygen atoms in total. The SMILES string of the molecule is O=C(COc1ccccc1O)NCc1ccc(CN2CCOCC2)cc1. The molecule has 2 aromatic rings. The highest BCUT2D eigenvalue weighted by atomic mass is 16.5. The van der Waals surface area contributed by atoms with Gasteiger partial charge in [-0.3, -0.25) is 9.69 Å². The van der Waals surface area contributed by atoms with E-state index in [9.17, 15) is 9.90 Å². The average Bonchev–Trinajstić information content (AvgIpc) is 2.68. The van der Waals surface area contributed by atoms with Crippen LogP contribution in [0, 0.1) is 0 Å². The lowest BCUT2D eigenvalue weighted by Gasteiger charge is -2.26. The van der Waals surface area contributed by atoms with Gasteiger partial charge in [0.25, 0.3) is 5.91 Å². The molecule has 0 spiro atoms. The maximum atomic E-state index is 11.9. The molecule has 0 aliphatic carbocycles. The fraction of sp³-hybridized carbons (Fsp3) is 0.350. The topological polar surface area (TPSA) is 71.0 Å². The van der Waals surface area contributed by atoms with Crippen molar-refractivity contribution in [3.63, 3.8) is 0 Å². The predicted octanol–water partition coefficient (Wildman–Crippen LogP) is 1.92. The van der Waals surface area contributed by atoms with Gasteiger partial charge in [0.05, 0.1) is 13.2 Å². The highest BCUT2D eigenvalue weighted by Gasteiger charge is 2.10. The molecule has 0 aromatic heterocycles. The van der Waals surface area contributed by atoms with Crippen molar-refractivity contribution in [2.75, 3.05) is 32.9 Å². The van der Waals surface area contributed by atoms with E-state index in [1.807, 2.05) is 12.1 Å². The number of nitrogens with zero attached hydrogens (tertiary/aromatic N) is 1. The molecule has 1 fully saturated rings. The van der Waals surface area contributed by atoms with Gasteiger partial charge in [-0.15, -0.1) is 0 Å². The van der Waals surface area contributed by atoms with Gasteiger partial charge in [0.2, 0.25) is 0 Å². The van der Waals surface area contributed by atoms with Crippen molar-refractivity contribution in [3.8, 4) is 11.5 Å². The summed E-state index contributed by atoms with van der Waals surface area (Å²) in [6, 6.07) is 14.8. The minimum atomic E-state index is -0.231. The van der Waals surface area contributed by atoms with Crippen molar-refractivity contribution < 1.29 is 19.4 Å². The Labute approximate surface area is 153 Å². The first kappa shape index (κ1) is 18.2. The summed E-state index contributed by atoms with van der Waals surface area (Å²) in [7, 11) is 0. The molecule has 0 atom stereocenters. The Bertz CT molecular complexity index is 712. The van der Waals surface area contributed by atoms with Gasteiger partial charge in [-0.1, -0.05) is 36.4 Å². The molecule has 2 aromatic carbocycles. The van der Waals surface area contributed by atoms with Crippen molar-refractivity contribution in [2.45, 2.75) is 13.1 Å². The summed E-state index contributed by atoms with van der Waals surface area (Å²) >= 11 is 0. The van der Waals surface area contributed by atoms with Crippen LogP contribution in [0.4, 0.5) is 0 Å². The number of phenolic OH excluding ortho intramolecular Hbond substituents is 1. The minimum absolute atomic E-state index is 0.0242. The van der Waals surface area contributed by atoms with Crippen LogP contribution in [-0.4, -0.2) is 48.8 Å². The fourth-order valence-corrected chi connectivity index (χ4v) is 2.75. The van der Waals surface area contributed by atoms with Gasteiger partial charge >= 0.3 is 0 Å². The molecule has 6 heteroatoms. The highest BCUT2D eigenvalue weighted by Crippen LogP contribution is 2.23. The van der Waals surface area contributed by atoms with E-state index >= 15 is 0 Å². The third-order valence-electron chi connectivity index (χ3n) is 4.25. The molecule has 1 aliphatic rings. The molecule has 1 amide bonds. The first-order chi connectivity index (χ1) is 12.7. The number of ether oxygens (including phenoxy) is 2. The van der Waals surface area contributed by atoms with E-state index in [0.717, 1.165) is 38.4 Å². The molecule has 138 valence electrons. The van der Waals surface area contributed by atoms with Gasteiger partial charge in [-0.05, 0) is 23.3 Å². The van der Waals surface area contributed by atoms with Crippen LogP contribution >= 0.6 is 0 Å². The molecule has 0 bridgehead atoms. The molecule has 1 saturated heterocycles. The van der Waals surface area contributed by atoms with Gasteiger partial charge in [0.1, 0.15) is 0 Å². The fourth-order valence-electron chi connectivity index (χ4n) is 2.75. The number of aromatic hydroxyl groups is 1. The smallest absolute Gasteiger partial charge is 0.258 e. The van der Waals surface area contributed by atoms with Crippen LogP contribution in [0.5, 0.6) is 11.5 Å². The minimum Gasteiger partial charge on any atom is -0.504 e. The van der Waals surface area contributed by atoms with Crippen LogP contribution in [0.2, 0.25) is 0 Å². The van der Waals surface area contributed by atoms with Crippen molar-refractivity contribution in [2.24, 2.45) is 0 Å². The Kier molecular flexibility index (Phi) is 6.46. The number of phenols is 1. The normalized spacial score (nSPS) is 14.8. The molecule has 1 aliphatic heterocycles. The second-order valence-corrected chi connectivity index (χ2v) is 6.24. The molecule has 0 unspecified atom stereocenters. The zero-order valence-corrected chi connectivity index (χ0v) is 14.7. The zero-order chi connectivity index (χ0) is 18.2. The monoisotopic (exact) mass is 356 g/mol. The molecule has 3 rings (SSSR count). The van der Waals surface area contributed by atoms with Crippen LogP contribution in [0.25, 0.3) is 0 Å². The van der Waals surface area contributed by atoms with Gasteiger partial charge in [-0.2, -0.15) is 0 Å². The van der Waals surface area contributed by atoms with E-state index in [-0.39, 0.29) is 18.3 Å². The molecule has 1 heterocycles. The number of amides is 1. The number of morpholine rings is 1. The second-order valence-electron chi connectivity index (χ2n) is 6.24. The Morgan fingerprint density at radius 1 is 1.08 bits per heavy atom. The first-order valence-corrected chi connectivity index (χ1v) is 8.76. The molecular formula is C20H24N2O4. The summed E-state index contributed by atoms with van der Waals surface area (Å²) in [5.74, 6) is 0.0944. The summed E-state index contributed by atoms with van der Waals surface area (Å²) in [6.45, 7) is 4.77. The van der Waals surface area contributed by atoms with E-state index in [4.69, 9.17) is 9.47 Å². The Hall–Kier alpha value is -2.57. The largest absolute Gasteiger partial charge is 0.504 e. The van der Waals surface area contributed by atoms with Crippen molar-refractivity contribution in [1.29, 1.82) is 0 Å². The van der Waals surface area contributed by atoms with Crippen LogP contribution in [0.3, 0.4) is 0 Å². The maximum absolute atomic E-state index is 11.9. The van der Waals surface area contributed by atoms with Gasteiger partial charge in [0, 0.05) is 26.2 Å². The Morgan fingerprint density at radius 3 is 2.50 bits per heavy atom. The number of hydrogen-bond donors (Lipinski definition) is 2. The number of para-hydroxylation sites is 2. The third-order valence-corrected chi connectivity index (χ3v) is 4.25. The lowest BCUT2D eigenvalue weighted by Crippen LogP contribution is -2.35. The predicted molar refractivity (Wildman–Crippen MR) is 98.0 cm³/mol. The van der Waals surface area contributed by atoms with E-state index in [2.05, 4.69) is 22.3 Å². The Morgan fingerprint density at radius 2 is 1.77 bits per heavy atom. The van der Waals surface area contributed by atoms with Gasteiger partial charge in [0.15, 0.2) is 18.1 Å². The quantitative estimate of drug-likeness (QED) is 0.793. The van der Waals surface area contributed by atoms with Gasteiger partial charge < -0.3 is 19.9 Å². The molecular weight excluding hydrogens is 332 g/mol. The number of carbonyl (C=O) groups excluding carboxylic acids is 1.